The molecule has 6 atom stereocenters. The van der Waals surface area contributed by atoms with Gasteiger partial charge in [0.15, 0.2) is 0 Å². The highest BCUT2D eigenvalue weighted by atomic mass is 15.2. The molecule has 3 rings (SSSR count). The maximum atomic E-state index is 3.60. The van der Waals surface area contributed by atoms with Gasteiger partial charge in [-0.3, -0.25) is 0 Å². The van der Waals surface area contributed by atoms with Gasteiger partial charge in [-0.15, -0.1) is 0 Å². The number of fused-ring (bicyclic) bond motifs is 2. The van der Waals surface area contributed by atoms with E-state index < -0.39 is 0 Å². The van der Waals surface area contributed by atoms with Crippen molar-refractivity contribution >= 4 is 0 Å². The highest BCUT2D eigenvalue weighted by molar-refractivity contribution is 4.94. The van der Waals surface area contributed by atoms with E-state index in [0.29, 0.717) is 0 Å². The van der Waals surface area contributed by atoms with Gasteiger partial charge in [0.25, 0.3) is 0 Å². The monoisotopic (exact) mass is 278 g/mol. The molecule has 20 heavy (non-hydrogen) atoms. The van der Waals surface area contributed by atoms with Crippen LogP contribution in [0.25, 0.3) is 0 Å². The molecular weight excluding hydrogens is 244 g/mol. The van der Waals surface area contributed by atoms with Crippen LogP contribution in [-0.2, 0) is 0 Å². The van der Waals surface area contributed by atoms with E-state index in [2.05, 4.69) is 31.2 Å². The lowest BCUT2D eigenvalue weighted by Gasteiger charge is -2.42. The number of hydrogen-bond donors (Lipinski definition) is 1. The third-order valence-electron chi connectivity index (χ3n) is 6.85. The average Bonchev–Trinajstić information content (AvgIpc) is 3.09. The van der Waals surface area contributed by atoms with E-state index >= 15 is 0 Å². The fraction of sp³-hybridized carbons (Fsp3) is 1.00. The van der Waals surface area contributed by atoms with Crippen molar-refractivity contribution in [2.24, 2.45) is 23.7 Å². The first-order valence-corrected chi connectivity index (χ1v) is 9.08. The minimum atomic E-state index is 0.724. The third kappa shape index (κ3) is 2.92. The van der Waals surface area contributed by atoms with Crippen LogP contribution in [0.2, 0.25) is 0 Å². The molecule has 2 nitrogen and oxygen atoms in total. The molecule has 1 N–H and O–H groups in total. The summed E-state index contributed by atoms with van der Waals surface area (Å²) in [5.74, 6) is 4.14. The molecule has 6 unspecified atom stereocenters. The van der Waals surface area contributed by atoms with Gasteiger partial charge in [-0.25, -0.2) is 0 Å². The number of hydrogen-bond acceptors (Lipinski definition) is 2. The maximum Gasteiger partial charge on any atom is 0.0248 e. The lowest BCUT2D eigenvalue weighted by atomic mass is 9.79. The zero-order chi connectivity index (χ0) is 14.1. The molecule has 0 saturated heterocycles. The Morgan fingerprint density at radius 1 is 1.05 bits per heavy atom. The first-order chi connectivity index (χ1) is 9.71. The molecule has 0 aliphatic heterocycles. The maximum absolute atomic E-state index is 3.60. The van der Waals surface area contributed by atoms with Crippen molar-refractivity contribution in [3.63, 3.8) is 0 Å². The van der Waals surface area contributed by atoms with Crippen molar-refractivity contribution in [2.45, 2.75) is 70.4 Å². The van der Waals surface area contributed by atoms with E-state index in [9.17, 15) is 0 Å². The zero-order valence-corrected chi connectivity index (χ0v) is 13.8. The Balaban J connectivity index is 1.57. The Labute approximate surface area is 125 Å². The smallest absolute Gasteiger partial charge is 0.0248 e. The molecule has 0 radical (unpaired) electrons. The fourth-order valence-electron chi connectivity index (χ4n) is 5.53. The van der Waals surface area contributed by atoms with E-state index in [1.807, 2.05) is 0 Å². The van der Waals surface area contributed by atoms with Crippen LogP contribution in [0.1, 0.15) is 58.3 Å². The lowest BCUT2D eigenvalue weighted by molar-refractivity contribution is 0.0956. The molecule has 0 spiro atoms. The molecule has 2 bridgehead atoms. The van der Waals surface area contributed by atoms with Gasteiger partial charge >= 0.3 is 0 Å². The normalized spacial score (nSPS) is 44.4. The molecule has 0 heterocycles. The van der Waals surface area contributed by atoms with Gasteiger partial charge in [0, 0.05) is 18.6 Å². The summed E-state index contributed by atoms with van der Waals surface area (Å²) in [5.41, 5.74) is 0. The van der Waals surface area contributed by atoms with Gasteiger partial charge in [0.1, 0.15) is 0 Å². The summed E-state index contributed by atoms with van der Waals surface area (Å²) in [6.07, 6.45) is 11.7. The van der Waals surface area contributed by atoms with Crippen LogP contribution in [0.5, 0.6) is 0 Å². The molecule has 3 aliphatic rings. The number of nitrogens with zero attached hydrogens (tertiary/aromatic N) is 1. The minimum absolute atomic E-state index is 0.724. The van der Waals surface area contributed by atoms with Crippen molar-refractivity contribution in [3.8, 4) is 0 Å². The van der Waals surface area contributed by atoms with Crippen LogP contribution in [0.4, 0.5) is 0 Å². The predicted octanol–water partition coefficient (Wildman–Crippen LogP) is 3.52. The molecule has 3 fully saturated rings. The van der Waals surface area contributed by atoms with E-state index in [1.165, 1.54) is 51.5 Å². The van der Waals surface area contributed by atoms with Gasteiger partial charge in [-0.2, -0.15) is 0 Å². The van der Waals surface area contributed by atoms with Crippen LogP contribution in [0, 0.1) is 23.7 Å². The van der Waals surface area contributed by atoms with Crippen LogP contribution in [0.3, 0.4) is 0 Å². The van der Waals surface area contributed by atoms with E-state index in [4.69, 9.17) is 0 Å². The molecular formula is C18H34N2. The Hall–Kier alpha value is -0.0800. The van der Waals surface area contributed by atoms with E-state index in [1.54, 1.807) is 6.42 Å². The Morgan fingerprint density at radius 2 is 1.90 bits per heavy atom. The van der Waals surface area contributed by atoms with Crippen molar-refractivity contribution < 1.29 is 0 Å². The average molecular weight is 278 g/mol. The van der Waals surface area contributed by atoms with Crippen molar-refractivity contribution in [1.29, 1.82) is 0 Å². The molecule has 2 heteroatoms. The van der Waals surface area contributed by atoms with Gasteiger partial charge in [-0.1, -0.05) is 19.8 Å². The van der Waals surface area contributed by atoms with Gasteiger partial charge in [-0.05, 0) is 76.3 Å². The van der Waals surface area contributed by atoms with Crippen LogP contribution in [0.15, 0.2) is 0 Å². The quantitative estimate of drug-likeness (QED) is 0.828. The van der Waals surface area contributed by atoms with Crippen molar-refractivity contribution in [1.82, 2.24) is 10.2 Å². The summed E-state index contributed by atoms with van der Waals surface area (Å²) in [5, 5.41) is 3.60. The minimum Gasteiger partial charge on any atom is -0.315 e. The topological polar surface area (TPSA) is 15.3 Å². The zero-order valence-electron chi connectivity index (χ0n) is 13.8. The highest BCUT2D eigenvalue weighted by Gasteiger charge is 2.41. The standard InChI is InChI=1S/C18H34N2/c1-4-13-6-8-17(19-2)18(11-13)20(3)12-16-10-14-5-7-15(16)9-14/h13-19H,4-12H2,1-3H3. The van der Waals surface area contributed by atoms with Gasteiger partial charge < -0.3 is 10.2 Å². The second kappa shape index (κ2) is 6.36. The Morgan fingerprint density at radius 3 is 2.50 bits per heavy atom. The first kappa shape index (κ1) is 14.8. The van der Waals surface area contributed by atoms with E-state index in [-0.39, 0.29) is 0 Å². The molecule has 0 aromatic carbocycles. The van der Waals surface area contributed by atoms with E-state index in [0.717, 1.165) is 35.8 Å². The summed E-state index contributed by atoms with van der Waals surface area (Å²) in [7, 11) is 4.56. The summed E-state index contributed by atoms with van der Waals surface area (Å²) in [4.78, 5) is 2.73. The molecule has 0 amide bonds. The predicted molar refractivity (Wildman–Crippen MR) is 85.8 cm³/mol. The summed E-state index contributed by atoms with van der Waals surface area (Å²) in [6.45, 7) is 3.73. The second-order valence-corrected chi connectivity index (χ2v) is 7.92. The summed E-state index contributed by atoms with van der Waals surface area (Å²) in [6, 6.07) is 1.50. The second-order valence-electron chi connectivity index (χ2n) is 7.92. The third-order valence-corrected chi connectivity index (χ3v) is 6.85. The first-order valence-electron chi connectivity index (χ1n) is 9.08. The van der Waals surface area contributed by atoms with Crippen LogP contribution >= 0.6 is 0 Å². The summed E-state index contributed by atoms with van der Waals surface area (Å²) >= 11 is 0. The molecule has 3 saturated carbocycles. The van der Waals surface area contributed by atoms with Gasteiger partial charge in [0.05, 0.1) is 0 Å². The summed E-state index contributed by atoms with van der Waals surface area (Å²) < 4.78 is 0. The number of likely N-dealkylation sites (N-methyl/N-ethyl adjacent to an activating group) is 2. The molecule has 0 aromatic heterocycles. The largest absolute Gasteiger partial charge is 0.315 e. The van der Waals surface area contributed by atoms with Crippen LogP contribution < -0.4 is 5.32 Å². The number of nitrogens with one attached hydrogen (secondary N) is 1. The van der Waals surface area contributed by atoms with Crippen molar-refractivity contribution in [2.75, 3.05) is 20.6 Å². The SMILES string of the molecule is CCC1CCC(NC)C(N(C)CC2CC3CCC2C3)C1. The number of rotatable bonds is 5. The van der Waals surface area contributed by atoms with Gasteiger partial charge in [0.2, 0.25) is 0 Å². The van der Waals surface area contributed by atoms with Crippen LogP contribution in [-0.4, -0.2) is 37.6 Å². The molecule has 116 valence electrons. The fourth-order valence-corrected chi connectivity index (χ4v) is 5.53. The molecule has 0 aromatic rings. The Kier molecular flexibility index (Phi) is 4.72. The highest BCUT2D eigenvalue weighted by Crippen LogP contribution is 2.48. The Bertz CT molecular complexity index is 317. The molecule has 3 aliphatic carbocycles. The lowest BCUT2D eigenvalue weighted by Crippen LogP contribution is -2.52. The van der Waals surface area contributed by atoms with Crippen molar-refractivity contribution in [3.05, 3.63) is 0 Å².